The molecule has 7 heteroatoms. The van der Waals surface area contributed by atoms with Gasteiger partial charge in [0.25, 0.3) is 5.91 Å². The summed E-state index contributed by atoms with van der Waals surface area (Å²) in [5, 5.41) is 5.83. The molecule has 7 nitrogen and oxygen atoms in total. The van der Waals surface area contributed by atoms with Crippen molar-refractivity contribution in [3.8, 4) is 0 Å². The molecule has 0 bridgehead atoms. The molecular formula is C25H34N4O3. The maximum atomic E-state index is 13.3. The molecule has 172 valence electrons. The molecule has 1 aromatic rings. The molecule has 1 saturated heterocycles. The zero-order chi connectivity index (χ0) is 22.2. The van der Waals surface area contributed by atoms with Crippen molar-refractivity contribution in [3.05, 3.63) is 29.3 Å². The van der Waals surface area contributed by atoms with Crippen molar-refractivity contribution in [2.45, 2.75) is 82.5 Å². The van der Waals surface area contributed by atoms with E-state index in [0.717, 1.165) is 30.9 Å². The van der Waals surface area contributed by atoms with Gasteiger partial charge in [-0.2, -0.15) is 0 Å². The quantitative estimate of drug-likeness (QED) is 0.640. The molecule has 2 N–H and O–H groups in total. The minimum absolute atomic E-state index is 0.0858. The van der Waals surface area contributed by atoms with E-state index in [4.69, 9.17) is 0 Å². The first-order valence-electron chi connectivity index (χ1n) is 12.3. The lowest BCUT2D eigenvalue weighted by Crippen LogP contribution is -2.52. The van der Waals surface area contributed by atoms with Crippen LogP contribution >= 0.6 is 0 Å². The molecule has 5 rings (SSSR count). The van der Waals surface area contributed by atoms with Gasteiger partial charge in [-0.05, 0) is 63.6 Å². The van der Waals surface area contributed by atoms with Crippen molar-refractivity contribution in [1.29, 1.82) is 0 Å². The Morgan fingerprint density at radius 3 is 2.53 bits per heavy atom. The molecule has 1 aromatic carbocycles. The maximum Gasteiger partial charge on any atom is 0.255 e. The lowest BCUT2D eigenvalue weighted by atomic mass is 9.89. The van der Waals surface area contributed by atoms with Crippen LogP contribution in [0.3, 0.4) is 0 Å². The van der Waals surface area contributed by atoms with Gasteiger partial charge in [0.15, 0.2) is 0 Å². The van der Waals surface area contributed by atoms with E-state index in [2.05, 4.69) is 28.6 Å². The highest BCUT2D eigenvalue weighted by Crippen LogP contribution is 2.39. The highest BCUT2D eigenvalue weighted by molar-refractivity contribution is 6.06. The van der Waals surface area contributed by atoms with Crippen LogP contribution in [0, 0.1) is 5.92 Å². The highest BCUT2D eigenvalue weighted by Gasteiger charge is 2.41. The molecule has 2 aliphatic carbocycles. The van der Waals surface area contributed by atoms with Crippen LogP contribution < -0.4 is 15.5 Å². The summed E-state index contributed by atoms with van der Waals surface area (Å²) in [4.78, 5) is 41.6. The normalized spacial score (nSPS) is 28.0. The van der Waals surface area contributed by atoms with Crippen LogP contribution in [0.15, 0.2) is 18.2 Å². The first kappa shape index (κ1) is 21.4. The standard InChI is InChI=1S/C25H34N4O3/c1-26-17-7-9-18(10-8-17)28(14-13-16-5-6-16)21-4-2-3-19-20(21)15-29(25(19)32)22-11-12-23(30)27-24(22)31/h2-4,16-18,22,26H,5-15H2,1H3,(H,27,30,31). The summed E-state index contributed by atoms with van der Waals surface area (Å²) >= 11 is 0. The first-order valence-corrected chi connectivity index (χ1v) is 12.3. The Balaban J connectivity index is 1.40. The van der Waals surface area contributed by atoms with Crippen LogP contribution in [0.25, 0.3) is 0 Å². The van der Waals surface area contributed by atoms with Crippen molar-refractivity contribution in [2.75, 3.05) is 18.5 Å². The number of fused-ring (bicyclic) bond motifs is 1. The molecule has 4 aliphatic rings. The number of hydrogen-bond acceptors (Lipinski definition) is 5. The third kappa shape index (κ3) is 4.15. The minimum atomic E-state index is -0.563. The van der Waals surface area contributed by atoms with Gasteiger partial charge in [0.2, 0.25) is 11.8 Å². The van der Waals surface area contributed by atoms with E-state index in [1.165, 1.54) is 37.8 Å². The molecule has 2 heterocycles. The Kier molecular flexibility index (Phi) is 5.93. The molecule has 0 aromatic heterocycles. The fourth-order valence-corrected chi connectivity index (χ4v) is 5.74. The summed E-state index contributed by atoms with van der Waals surface area (Å²) in [6.45, 7) is 1.48. The van der Waals surface area contributed by atoms with Crippen LogP contribution in [-0.2, 0) is 16.1 Å². The summed E-state index contributed by atoms with van der Waals surface area (Å²) in [5.74, 6) is 0.168. The number of hydrogen-bond donors (Lipinski definition) is 2. The average Bonchev–Trinajstić information content (AvgIpc) is 3.57. The fraction of sp³-hybridized carbons (Fsp3) is 0.640. The van der Waals surface area contributed by atoms with Crippen molar-refractivity contribution in [1.82, 2.24) is 15.5 Å². The third-order valence-electron chi connectivity index (χ3n) is 7.89. The zero-order valence-electron chi connectivity index (χ0n) is 18.9. The lowest BCUT2D eigenvalue weighted by molar-refractivity contribution is -0.136. The van der Waals surface area contributed by atoms with E-state index in [1.807, 2.05) is 12.1 Å². The minimum Gasteiger partial charge on any atom is -0.368 e. The van der Waals surface area contributed by atoms with Gasteiger partial charge in [-0.25, -0.2) is 0 Å². The summed E-state index contributed by atoms with van der Waals surface area (Å²) in [5.41, 5.74) is 2.93. The van der Waals surface area contributed by atoms with Crippen LogP contribution in [0.5, 0.6) is 0 Å². The van der Waals surface area contributed by atoms with E-state index >= 15 is 0 Å². The summed E-state index contributed by atoms with van der Waals surface area (Å²) < 4.78 is 0. The van der Waals surface area contributed by atoms with E-state index in [9.17, 15) is 14.4 Å². The molecule has 3 amide bonds. The van der Waals surface area contributed by atoms with Crippen molar-refractivity contribution in [3.63, 3.8) is 0 Å². The number of amides is 3. The predicted molar refractivity (Wildman–Crippen MR) is 122 cm³/mol. The number of carbonyl (C=O) groups excluding carboxylic acids is 3. The third-order valence-corrected chi connectivity index (χ3v) is 7.89. The summed E-state index contributed by atoms with van der Waals surface area (Å²) in [6, 6.07) is 6.57. The van der Waals surface area contributed by atoms with E-state index in [-0.39, 0.29) is 24.1 Å². The number of nitrogens with one attached hydrogen (secondary N) is 2. The van der Waals surface area contributed by atoms with E-state index in [1.54, 1.807) is 4.90 Å². The van der Waals surface area contributed by atoms with Crippen LogP contribution in [-0.4, -0.2) is 54.3 Å². The number of piperidine rings is 1. The second-order valence-corrected chi connectivity index (χ2v) is 9.92. The Labute approximate surface area is 189 Å². The number of anilines is 1. The van der Waals surface area contributed by atoms with Gasteiger partial charge >= 0.3 is 0 Å². The molecule has 2 aliphatic heterocycles. The van der Waals surface area contributed by atoms with Gasteiger partial charge in [-0.15, -0.1) is 0 Å². The molecule has 0 spiro atoms. The molecule has 0 radical (unpaired) electrons. The Bertz CT molecular complexity index is 904. The molecular weight excluding hydrogens is 404 g/mol. The number of carbonyl (C=O) groups is 3. The smallest absolute Gasteiger partial charge is 0.255 e. The largest absolute Gasteiger partial charge is 0.368 e. The van der Waals surface area contributed by atoms with Gasteiger partial charge < -0.3 is 15.1 Å². The van der Waals surface area contributed by atoms with E-state index in [0.29, 0.717) is 30.6 Å². The highest BCUT2D eigenvalue weighted by atomic mass is 16.2. The number of nitrogens with zero attached hydrogens (tertiary/aromatic N) is 2. The summed E-state index contributed by atoms with van der Waals surface area (Å²) in [6.07, 6.45) is 9.25. The second kappa shape index (κ2) is 8.85. The second-order valence-electron chi connectivity index (χ2n) is 9.92. The SMILES string of the molecule is CNC1CCC(N(CCC2CC2)c2cccc3c2CN(C2CCC(=O)NC2=O)C3=O)CC1. The molecule has 1 atom stereocenters. The summed E-state index contributed by atoms with van der Waals surface area (Å²) in [7, 11) is 2.05. The van der Waals surface area contributed by atoms with Gasteiger partial charge in [0.05, 0.1) is 0 Å². The first-order chi connectivity index (χ1) is 15.5. The predicted octanol–water partition coefficient (Wildman–Crippen LogP) is 2.58. The Morgan fingerprint density at radius 2 is 1.84 bits per heavy atom. The Hall–Kier alpha value is -2.41. The molecule has 3 fully saturated rings. The van der Waals surface area contributed by atoms with Gasteiger partial charge in [-0.3, -0.25) is 19.7 Å². The molecule has 1 unspecified atom stereocenters. The van der Waals surface area contributed by atoms with Gasteiger partial charge in [0.1, 0.15) is 6.04 Å². The van der Waals surface area contributed by atoms with Gasteiger partial charge in [-0.1, -0.05) is 18.9 Å². The van der Waals surface area contributed by atoms with Crippen LogP contribution in [0.1, 0.15) is 73.7 Å². The Morgan fingerprint density at radius 1 is 1.06 bits per heavy atom. The van der Waals surface area contributed by atoms with Crippen molar-refractivity contribution < 1.29 is 14.4 Å². The van der Waals surface area contributed by atoms with Gasteiger partial charge in [0, 0.05) is 48.4 Å². The molecule has 2 saturated carbocycles. The lowest BCUT2D eigenvalue weighted by Gasteiger charge is -2.39. The monoisotopic (exact) mass is 438 g/mol. The number of rotatable bonds is 7. The van der Waals surface area contributed by atoms with Crippen LogP contribution in [0.2, 0.25) is 0 Å². The maximum absolute atomic E-state index is 13.3. The fourth-order valence-electron chi connectivity index (χ4n) is 5.74. The average molecular weight is 439 g/mol. The molecule has 32 heavy (non-hydrogen) atoms. The number of imide groups is 1. The van der Waals surface area contributed by atoms with Crippen molar-refractivity contribution in [2.24, 2.45) is 5.92 Å². The number of benzene rings is 1. The topological polar surface area (TPSA) is 81.8 Å². The van der Waals surface area contributed by atoms with Crippen molar-refractivity contribution >= 4 is 23.4 Å². The van der Waals surface area contributed by atoms with Crippen LogP contribution in [0.4, 0.5) is 5.69 Å². The van der Waals surface area contributed by atoms with E-state index < -0.39 is 6.04 Å². The zero-order valence-corrected chi connectivity index (χ0v) is 18.9.